The van der Waals surface area contributed by atoms with Crippen molar-refractivity contribution in [3.05, 3.63) is 131 Å². The number of para-hydroxylation sites is 2. The second kappa shape index (κ2) is 11.3. The van der Waals surface area contributed by atoms with E-state index in [-0.39, 0.29) is 5.91 Å². The molecule has 1 heterocycles. The van der Waals surface area contributed by atoms with Gasteiger partial charge in [0.05, 0.1) is 0 Å². The Morgan fingerprint density at radius 2 is 1.11 bits per heavy atom. The summed E-state index contributed by atoms with van der Waals surface area (Å²) in [5.41, 5.74) is 3.77. The molecule has 0 radical (unpaired) electrons. The van der Waals surface area contributed by atoms with Gasteiger partial charge in [-0.15, -0.1) is 0 Å². The Morgan fingerprint density at radius 1 is 0.611 bits per heavy atom. The van der Waals surface area contributed by atoms with Crippen molar-refractivity contribution in [2.24, 2.45) is 0 Å². The first kappa shape index (κ1) is 23.9. The summed E-state index contributed by atoms with van der Waals surface area (Å²) < 4.78 is 6.26. The first-order valence-corrected chi connectivity index (χ1v) is 13.0. The van der Waals surface area contributed by atoms with Gasteiger partial charge in [0.1, 0.15) is 16.9 Å². The molecule has 182 valence electrons. The van der Waals surface area contributed by atoms with Crippen LogP contribution in [0.15, 0.2) is 109 Å². The molecule has 4 aromatic carbocycles. The third kappa shape index (κ3) is 5.06. The maximum atomic E-state index is 14.2. The number of rotatable bonds is 10. The highest BCUT2D eigenvalue weighted by Crippen LogP contribution is 2.50. The van der Waals surface area contributed by atoms with Crippen LogP contribution in [-0.4, -0.2) is 12.5 Å². The fraction of sp³-hybridized carbons (Fsp3) is 0.242. The molecule has 4 aromatic rings. The smallest absolute Gasteiger partial charge is 0.235 e. The maximum Gasteiger partial charge on any atom is 0.235 e. The molecular weight excluding hydrogens is 442 g/mol. The number of hydrogen-bond acceptors (Lipinski definition) is 2. The molecule has 3 heteroatoms. The van der Waals surface area contributed by atoms with Gasteiger partial charge in [-0.3, -0.25) is 4.79 Å². The topological polar surface area (TPSA) is 38.3 Å². The van der Waals surface area contributed by atoms with Crippen molar-refractivity contribution in [2.45, 2.75) is 43.9 Å². The summed E-state index contributed by atoms with van der Waals surface area (Å²) in [5.74, 6) is 1.61. The molecule has 3 nitrogen and oxygen atoms in total. The molecule has 5 rings (SSSR count). The lowest BCUT2D eigenvalue weighted by molar-refractivity contribution is -0.125. The zero-order chi connectivity index (χ0) is 24.6. The van der Waals surface area contributed by atoms with Crippen LogP contribution in [0.2, 0.25) is 0 Å². The number of carbonyl (C=O) groups excluding carboxylic acids is 1. The van der Waals surface area contributed by atoms with Crippen molar-refractivity contribution >= 4 is 5.91 Å². The van der Waals surface area contributed by atoms with E-state index < -0.39 is 5.41 Å². The number of hydrogen-bond donors (Lipinski definition) is 1. The summed E-state index contributed by atoms with van der Waals surface area (Å²) in [6, 6.07) is 37.1. The average molecular weight is 476 g/mol. The van der Waals surface area contributed by atoms with Crippen molar-refractivity contribution in [3.8, 4) is 11.5 Å². The number of fused-ring (bicyclic) bond motifs is 2. The van der Waals surface area contributed by atoms with Gasteiger partial charge in [-0.1, -0.05) is 97.1 Å². The van der Waals surface area contributed by atoms with Crippen molar-refractivity contribution in [2.75, 3.05) is 6.54 Å². The molecule has 0 aliphatic carbocycles. The number of ether oxygens (including phenoxy) is 1. The Morgan fingerprint density at radius 3 is 1.69 bits per heavy atom. The lowest BCUT2D eigenvalue weighted by Gasteiger charge is -2.39. The summed E-state index contributed by atoms with van der Waals surface area (Å²) in [6.07, 6.45) is 5.56. The van der Waals surface area contributed by atoms with Gasteiger partial charge in [0.15, 0.2) is 0 Å². The Bertz CT molecular complexity index is 1240. The molecule has 0 unspecified atom stereocenters. The van der Waals surface area contributed by atoms with E-state index in [0.717, 1.165) is 61.2 Å². The molecular formula is C33H33NO2. The fourth-order valence-corrected chi connectivity index (χ4v) is 5.36. The Balaban J connectivity index is 1.37. The Kier molecular flexibility index (Phi) is 7.47. The number of amides is 1. The van der Waals surface area contributed by atoms with Crippen LogP contribution in [0.4, 0.5) is 0 Å². The Hall–Kier alpha value is -3.85. The summed E-state index contributed by atoms with van der Waals surface area (Å²) in [5, 5.41) is 3.32. The van der Waals surface area contributed by atoms with Crippen LogP contribution in [0.25, 0.3) is 0 Å². The molecule has 1 aliphatic heterocycles. The lowest BCUT2D eigenvalue weighted by Crippen LogP contribution is -2.47. The molecule has 1 amide bonds. The SMILES string of the molecule is O=C(NCCCCc1ccccc1)C1(CCCc2ccccc2)c2ccccc2Oc2ccccc21. The Labute approximate surface area is 214 Å². The van der Waals surface area contributed by atoms with Gasteiger partial charge in [-0.25, -0.2) is 0 Å². The van der Waals surface area contributed by atoms with E-state index in [4.69, 9.17) is 4.74 Å². The van der Waals surface area contributed by atoms with Gasteiger partial charge in [0.25, 0.3) is 0 Å². The number of carbonyl (C=O) groups is 1. The van der Waals surface area contributed by atoms with Crippen molar-refractivity contribution in [1.29, 1.82) is 0 Å². The minimum absolute atomic E-state index is 0.0680. The molecule has 0 spiro atoms. The highest BCUT2D eigenvalue weighted by molar-refractivity contribution is 5.94. The lowest BCUT2D eigenvalue weighted by atomic mass is 9.68. The predicted octanol–water partition coefficient (Wildman–Crippen LogP) is 7.24. The molecule has 1 aliphatic rings. The minimum atomic E-state index is -0.778. The zero-order valence-corrected chi connectivity index (χ0v) is 20.7. The van der Waals surface area contributed by atoms with Crippen LogP contribution in [0, 0.1) is 0 Å². The molecule has 0 aromatic heterocycles. The normalized spacial score (nSPS) is 13.2. The van der Waals surface area contributed by atoms with E-state index >= 15 is 0 Å². The van der Waals surface area contributed by atoms with Crippen LogP contribution in [0.3, 0.4) is 0 Å². The van der Waals surface area contributed by atoms with E-state index in [0.29, 0.717) is 6.54 Å². The van der Waals surface area contributed by atoms with E-state index in [1.54, 1.807) is 0 Å². The average Bonchev–Trinajstić information content (AvgIpc) is 2.93. The first-order chi connectivity index (χ1) is 17.8. The molecule has 36 heavy (non-hydrogen) atoms. The number of benzene rings is 4. The quantitative estimate of drug-likeness (QED) is 0.246. The van der Waals surface area contributed by atoms with E-state index in [2.05, 4.69) is 66.0 Å². The molecule has 0 bridgehead atoms. The van der Waals surface area contributed by atoms with Crippen molar-refractivity contribution in [3.63, 3.8) is 0 Å². The van der Waals surface area contributed by atoms with Crippen LogP contribution in [-0.2, 0) is 23.1 Å². The van der Waals surface area contributed by atoms with E-state index in [1.165, 1.54) is 11.1 Å². The third-order valence-corrected chi connectivity index (χ3v) is 7.18. The summed E-state index contributed by atoms with van der Waals surface area (Å²) >= 11 is 0. The second-order valence-corrected chi connectivity index (χ2v) is 9.54. The van der Waals surface area contributed by atoms with Gasteiger partial charge < -0.3 is 10.1 Å². The summed E-state index contributed by atoms with van der Waals surface area (Å²) in [7, 11) is 0. The standard InChI is InChI=1S/C33H33NO2/c35-32(34-25-12-11-18-26-14-3-1-4-15-26)33(24-13-19-27-16-5-2-6-17-27)28-20-7-9-22-30(28)36-31-23-10-8-21-29(31)33/h1-10,14-17,20-23H,11-13,18-19,24-25H2,(H,34,35). The first-order valence-electron chi connectivity index (χ1n) is 13.0. The van der Waals surface area contributed by atoms with Gasteiger partial charge in [0, 0.05) is 17.7 Å². The monoisotopic (exact) mass is 475 g/mol. The van der Waals surface area contributed by atoms with Gasteiger partial charge >= 0.3 is 0 Å². The fourth-order valence-electron chi connectivity index (χ4n) is 5.36. The second-order valence-electron chi connectivity index (χ2n) is 9.54. The number of nitrogens with one attached hydrogen (secondary N) is 1. The number of unbranched alkanes of at least 4 members (excludes halogenated alkanes) is 1. The van der Waals surface area contributed by atoms with Crippen LogP contribution in [0.1, 0.15) is 47.9 Å². The molecule has 0 fully saturated rings. The largest absolute Gasteiger partial charge is 0.457 e. The minimum Gasteiger partial charge on any atom is -0.457 e. The van der Waals surface area contributed by atoms with Crippen LogP contribution in [0.5, 0.6) is 11.5 Å². The highest BCUT2D eigenvalue weighted by atomic mass is 16.5. The molecule has 0 saturated heterocycles. The zero-order valence-electron chi connectivity index (χ0n) is 20.7. The summed E-state index contributed by atoms with van der Waals surface area (Å²) in [6.45, 7) is 0.664. The van der Waals surface area contributed by atoms with E-state index in [9.17, 15) is 4.79 Å². The summed E-state index contributed by atoms with van der Waals surface area (Å²) in [4.78, 5) is 14.2. The van der Waals surface area contributed by atoms with Crippen molar-refractivity contribution in [1.82, 2.24) is 5.32 Å². The predicted molar refractivity (Wildman–Crippen MR) is 146 cm³/mol. The van der Waals surface area contributed by atoms with Crippen LogP contribution >= 0.6 is 0 Å². The van der Waals surface area contributed by atoms with Gasteiger partial charge in [-0.2, -0.15) is 0 Å². The third-order valence-electron chi connectivity index (χ3n) is 7.18. The molecule has 0 saturated carbocycles. The molecule has 0 atom stereocenters. The number of aryl methyl sites for hydroxylation is 2. The van der Waals surface area contributed by atoms with E-state index in [1.807, 2.05) is 48.5 Å². The van der Waals surface area contributed by atoms with Gasteiger partial charge in [-0.05, 0) is 61.8 Å². The maximum absolute atomic E-state index is 14.2. The van der Waals surface area contributed by atoms with Crippen LogP contribution < -0.4 is 10.1 Å². The van der Waals surface area contributed by atoms with Gasteiger partial charge in [0.2, 0.25) is 5.91 Å². The highest BCUT2D eigenvalue weighted by Gasteiger charge is 2.47. The van der Waals surface area contributed by atoms with Crippen molar-refractivity contribution < 1.29 is 9.53 Å². The molecule has 1 N–H and O–H groups in total.